The molecule has 0 bridgehead atoms. The van der Waals surface area contributed by atoms with Crippen molar-refractivity contribution in [3.05, 3.63) is 94.8 Å². The molecule has 1 atom stereocenters. The molecule has 5 heteroatoms. The quantitative estimate of drug-likeness (QED) is 0.657. The molecule has 0 saturated heterocycles. The van der Waals surface area contributed by atoms with Crippen molar-refractivity contribution in [2.45, 2.75) is 19.5 Å². The number of anilines is 1. The third-order valence-corrected chi connectivity index (χ3v) is 4.46. The number of carbonyl (C=O) groups excluding carboxylic acids is 1. The lowest BCUT2D eigenvalue weighted by Crippen LogP contribution is -2.18. The molecule has 26 heavy (non-hydrogen) atoms. The van der Waals surface area contributed by atoms with Gasteiger partial charge < -0.3 is 10.6 Å². The number of aromatic nitrogens is 1. The van der Waals surface area contributed by atoms with E-state index in [9.17, 15) is 4.79 Å². The molecule has 4 nitrogen and oxygen atoms in total. The Labute approximate surface area is 158 Å². The van der Waals surface area contributed by atoms with Crippen molar-refractivity contribution in [1.29, 1.82) is 0 Å². The zero-order valence-electron chi connectivity index (χ0n) is 14.4. The average molecular weight is 366 g/mol. The summed E-state index contributed by atoms with van der Waals surface area (Å²) >= 11 is 6.24. The Kier molecular flexibility index (Phi) is 6.00. The molecular weight excluding hydrogens is 346 g/mol. The summed E-state index contributed by atoms with van der Waals surface area (Å²) in [4.78, 5) is 16.2. The minimum absolute atomic E-state index is 0.211. The number of benzene rings is 2. The Morgan fingerprint density at radius 3 is 2.54 bits per heavy atom. The van der Waals surface area contributed by atoms with Crippen molar-refractivity contribution in [3.63, 3.8) is 0 Å². The van der Waals surface area contributed by atoms with Crippen molar-refractivity contribution < 1.29 is 4.79 Å². The summed E-state index contributed by atoms with van der Waals surface area (Å²) in [6, 6.07) is 19.5. The van der Waals surface area contributed by atoms with E-state index in [4.69, 9.17) is 11.6 Å². The van der Waals surface area contributed by atoms with Crippen molar-refractivity contribution in [1.82, 2.24) is 10.3 Å². The number of rotatable bonds is 6. The molecule has 3 aromatic rings. The van der Waals surface area contributed by atoms with Gasteiger partial charge in [0.05, 0.1) is 10.7 Å². The van der Waals surface area contributed by atoms with E-state index in [0.29, 0.717) is 22.8 Å². The zero-order chi connectivity index (χ0) is 18.4. The molecule has 1 heterocycles. The molecule has 0 unspecified atom stereocenters. The number of pyridine rings is 1. The molecule has 2 N–H and O–H groups in total. The number of nitrogens with one attached hydrogen (secondary N) is 2. The van der Waals surface area contributed by atoms with Crippen LogP contribution in [0.5, 0.6) is 0 Å². The van der Waals surface area contributed by atoms with Gasteiger partial charge in [-0.25, -0.2) is 0 Å². The van der Waals surface area contributed by atoms with Crippen LogP contribution in [0.15, 0.2) is 73.1 Å². The van der Waals surface area contributed by atoms with Crippen LogP contribution in [0.25, 0.3) is 0 Å². The first kappa shape index (κ1) is 18.1. The van der Waals surface area contributed by atoms with E-state index in [1.165, 1.54) is 5.56 Å². The van der Waals surface area contributed by atoms with Crippen molar-refractivity contribution >= 4 is 23.2 Å². The van der Waals surface area contributed by atoms with Crippen LogP contribution in [0.1, 0.15) is 34.5 Å². The fourth-order valence-corrected chi connectivity index (χ4v) is 2.77. The van der Waals surface area contributed by atoms with Crippen LogP contribution in [-0.4, -0.2) is 10.9 Å². The van der Waals surface area contributed by atoms with E-state index in [-0.39, 0.29) is 11.9 Å². The molecule has 1 aromatic heterocycles. The predicted octanol–water partition coefficient (Wildman–Crippen LogP) is 4.84. The molecular formula is C21H20ClN3O. The average Bonchev–Trinajstić information content (AvgIpc) is 2.69. The van der Waals surface area contributed by atoms with Gasteiger partial charge in [-0.3, -0.25) is 9.78 Å². The standard InChI is InChI=1S/C21H20ClN3O/c1-15(17-5-3-2-4-6-17)24-14-16-7-8-19(22)20(13-16)25-21(26)18-9-11-23-12-10-18/h2-13,15,24H,14H2,1H3,(H,25,26)/t15-/m1/s1. The second-order valence-electron chi connectivity index (χ2n) is 6.02. The maximum Gasteiger partial charge on any atom is 0.255 e. The maximum atomic E-state index is 12.3. The van der Waals surface area contributed by atoms with Gasteiger partial charge in [0.2, 0.25) is 0 Å². The van der Waals surface area contributed by atoms with Crippen molar-refractivity contribution in [2.24, 2.45) is 0 Å². The van der Waals surface area contributed by atoms with Crippen LogP contribution in [-0.2, 0) is 6.54 Å². The fraction of sp³-hybridized carbons (Fsp3) is 0.143. The van der Waals surface area contributed by atoms with Crippen molar-refractivity contribution in [2.75, 3.05) is 5.32 Å². The molecule has 0 spiro atoms. The summed E-state index contributed by atoms with van der Waals surface area (Å²) in [5, 5.41) is 6.85. The highest BCUT2D eigenvalue weighted by molar-refractivity contribution is 6.34. The largest absolute Gasteiger partial charge is 0.321 e. The van der Waals surface area contributed by atoms with Gasteiger partial charge in [-0.05, 0) is 42.3 Å². The highest BCUT2D eigenvalue weighted by atomic mass is 35.5. The fourth-order valence-electron chi connectivity index (χ4n) is 2.61. The minimum Gasteiger partial charge on any atom is -0.321 e. The normalized spacial score (nSPS) is 11.8. The lowest BCUT2D eigenvalue weighted by molar-refractivity contribution is 0.102. The number of amides is 1. The van der Waals surface area contributed by atoms with Gasteiger partial charge >= 0.3 is 0 Å². The van der Waals surface area contributed by atoms with Crippen LogP contribution < -0.4 is 10.6 Å². The monoisotopic (exact) mass is 365 g/mol. The molecule has 0 fully saturated rings. The second kappa shape index (κ2) is 8.61. The van der Waals surface area contributed by atoms with Gasteiger partial charge in [-0.15, -0.1) is 0 Å². The summed E-state index contributed by atoms with van der Waals surface area (Å²) in [7, 11) is 0. The molecule has 0 radical (unpaired) electrons. The molecule has 0 aliphatic heterocycles. The predicted molar refractivity (Wildman–Crippen MR) is 105 cm³/mol. The SMILES string of the molecule is C[C@@H](NCc1ccc(Cl)c(NC(=O)c2ccncc2)c1)c1ccccc1. The van der Waals surface area contributed by atoms with E-state index < -0.39 is 0 Å². The summed E-state index contributed by atoms with van der Waals surface area (Å²) in [6.45, 7) is 2.79. The smallest absolute Gasteiger partial charge is 0.255 e. The molecule has 2 aromatic carbocycles. The van der Waals surface area contributed by atoms with Gasteiger partial charge in [-0.2, -0.15) is 0 Å². The number of halogens is 1. The Hall–Kier alpha value is -2.69. The number of hydrogen-bond donors (Lipinski definition) is 2. The molecule has 0 aliphatic rings. The highest BCUT2D eigenvalue weighted by Gasteiger charge is 2.10. The Morgan fingerprint density at radius 2 is 1.81 bits per heavy atom. The maximum absolute atomic E-state index is 12.3. The van der Waals surface area contributed by atoms with Gasteiger partial charge in [0.15, 0.2) is 0 Å². The molecule has 0 saturated carbocycles. The first-order valence-electron chi connectivity index (χ1n) is 8.41. The summed E-state index contributed by atoms with van der Waals surface area (Å²) in [6.07, 6.45) is 3.17. The highest BCUT2D eigenvalue weighted by Crippen LogP contribution is 2.24. The molecule has 3 rings (SSSR count). The third kappa shape index (κ3) is 4.69. The Morgan fingerprint density at radius 1 is 1.08 bits per heavy atom. The van der Waals surface area contributed by atoms with E-state index >= 15 is 0 Å². The van der Waals surface area contributed by atoms with E-state index in [1.54, 1.807) is 30.6 Å². The number of carbonyl (C=O) groups is 1. The molecule has 0 aliphatic carbocycles. The van der Waals surface area contributed by atoms with Gasteiger partial charge in [-0.1, -0.05) is 48.0 Å². The molecule has 1 amide bonds. The Balaban J connectivity index is 1.67. The first-order valence-corrected chi connectivity index (χ1v) is 8.79. The minimum atomic E-state index is -0.211. The third-order valence-electron chi connectivity index (χ3n) is 4.13. The van der Waals surface area contributed by atoms with E-state index in [2.05, 4.69) is 34.7 Å². The lowest BCUT2D eigenvalue weighted by atomic mass is 10.1. The second-order valence-corrected chi connectivity index (χ2v) is 6.42. The first-order chi connectivity index (χ1) is 12.6. The molecule has 132 valence electrons. The summed E-state index contributed by atoms with van der Waals surface area (Å²) in [5.74, 6) is -0.211. The summed E-state index contributed by atoms with van der Waals surface area (Å²) < 4.78 is 0. The Bertz CT molecular complexity index is 869. The van der Waals surface area contributed by atoms with Crippen LogP contribution in [0.2, 0.25) is 5.02 Å². The number of nitrogens with zero attached hydrogens (tertiary/aromatic N) is 1. The number of hydrogen-bond acceptors (Lipinski definition) is 3. The lowest BCUT2D eigenvalue weighted by Gasteiger charge is -2.15. The zero-order valence-corrected chi connectivity index (χ0v) is 15.2. The van der Waals surface area contributed by atoms with Gasteiger partial charge in [0.25, 0.3) is 5.91 Å². The van der Waals surface area contributed by atoms with Crippen LogP contribution in [0.3, 0.4) is 0 Å². The van der Waals surface area contributed by atoms with Crippen LogP contribution in [0, 0.1) is 0 Å². The van der Waals surface area contributed by atoms with Gasteiger partial charge in [0.1, 0.15) is 0 Å². The topological polar surface area (TPSA) is 54.0 Å². The van der Waals surface area contributed by atoms with Crippen LogP contribution in [0.4, 0.5) is 5.69 Å². The van der Waals surface area contributed by atoms with Crippen molar-refractivity contribution in [3.8, 4) is 0 Å². The van der Waals surface area contributed by atoms with E-state index in [1.807, 2.05) is 30.3 Å². The van der Waals surface area contributed by atoms with Gasteiger partial charge in [0, 0.05) is 30.5 Å². The van der Waals surface area contributed by atoms with E-state index in [0.717, 1.165) is 5.56 Å². The van der Waals surface area contributed by atoms with Crippen LogP contribution >= 0.6 is 11.6 Å². The summed E-state index contributed by atoms with van der Waals surface area (Å²) in [5.41, 5.74) is 3.41.